The summed E-state index contributed by atoms with van der Waals surface area (Å²) in [6, 6.07) is 7.06. The van der Waals surface area contributed by atoms with Crippen molar-refractivity contribution in [1.82, 2.24) is 0 Å². The highest BCUT2D eigenvalue weighted by molar-refractivity contribution is 6.26. The molecule has 0 aromatic heterocycles. The van der Waals surface area contributed by atoms with Crippen molar-refractivity contribution in [2.24, 2.45) is 0 Å². The maximum Gasteiger partial charge on any atom is 0.228 e. The zero-order valence-electron chi connectivity index (χ0n) is 11.3. The smallest absolute Gasteiger partial charge is 0.228 e. The second-order valence-corrected chi connectivity index (χ2v) is 6.03. The molecular formula is C17H16O3. The Morgan fingerprint density at radius 1 is 0.900 bits per heavy atom. The second kappa shape index (κ2) is 4.05. The third-order valence-electron chi connectivity index (χ3n) is 4.75. The van der Waals surface area contributed by atoms with Crippen LogP contribution in [0.5, 0.6) is 0 Å². The van der Waals surface area contributed by atoms with Gasteiger partial charge < -0.3 is 4.74 Å². The van der Waals surface area contributed by atoms with E-state index >= 15 is 0 Å². The Balaban J connectivity index is 1.76. The molecule has 0 radical (unpaired) electrons. The number of Topliss-reactive ketones (excluding diaryl/α,β-unsaturated/α-hetero) is 2. The molecule has 0 bridgehead atoms. The van der Waals surface area contributed by atoms with Crippen LogP contribution >= 0.6 is 0 Å². The summed E-state index contributed by atoms with van der Waals surface area (Å²) < 4.78 is 6.04. The number of allylic oxidation sites excluding steroid dienone is 1. The van der Waals surface area contributed by atoms with Crippen LogP contribution in [0.2, 0.25) is 0 Å². The van der Waals surface area contributed by atoms with Crippen LogP contribution in [0.4, 0.5) is 0 Å². The van der Waals surface area contributed by atoms with E-state index in [1.54, 1.807) is 18.2 Å². The fourth-order valence-electron chi connectivity index (χ4n) is 3.72. The number of fused-ring (bicyclic) bond motifs is 1. The van der Waals surface area contributed by atoms with Gasteiger partial charge in [-0.3, -0.25) is 9.59 Å². The van der Waals surface area contributed by atoms with Crippen LogP contribution in [0.1, 0.15) is 59.2 Å². The van der Waals surface area contributed by atoms with Crippen LogP contribution in [-0.4, -0.2) is 17.2 Å². The van der Waals surface area contributed by atoms with Crippen molar-refractivity contribution >= 4 is 11.6 Å². The molecule has 1 aromatic carbocycles. The molecule has 2 aliphatic carbocycles. The third kappa shape index (κ3) is 1.52. The van der Waals surface area contributed by atoms with Crippen LogP contribution in [0.25, 0.3) is 0 Å². The summed E-state index contributed by atoms with van der Waals surface area (Å²) in [4.78, 5) is 25.1. The van der Waals surface area contributed by atoms with Gasteiger partial charge in [0, 0.05) is 17.5 Å². The predicted molar refractivity (Wildman–Crippen MR) is 73.6 cm³/mol. The van der Waals surface area contributed by atoms with Crippen molar-refractivity contribution < 1.29 is 14.3 Å². The molecule has 3 heteroatoms. The molecular weight excluding hydrogens is 252 g/mol. The van der Waals surface area contributed by atoms with E-state index in [4.69, 9.17) is 4.74 Å². The first-order chi connectivity index (χ1) is 9.70. The number of ether oxygens (including phenoxy) is 1. The van der Waals surface area contributed by atoms with Gasteiger partial charge in [-0.15, -0.1) is 0 Å². The number of carbonyl (C=O) groups is 2. The first-order valence-corrected chi connectivity index (χ1v) is 7.31. The minimum Gasteiger partial charge on any atom is -0.482 e. The number of hydrogen-bond donors (Lipinski definition) is 0. The maximum atomic E-state index is 12.6. The Hall–Kier alpha value is -1.90. The lowest BCUT2D eigenvalue weighted by molar-refractivity contribution is -0.00573. The molecule has 3 aliphatic rings. The number of hydrogen-bond acceptors (Lipinski definition) is 3. The highest BCUT2D eigenvalue weighted by Crippen LogP contribution is 2.47. The topological polar surface area (TPSA) is 43.4 Å². The third-order valence-corrected chi connectivity index (χ3v) is 4.75. The van der Waals surface area contributed by atoms with E-state index in [1.165, 1.54) is 6.42 Å². The molecule has 0 atom stereocenters. The van der Waals surface area contributed by atoms with E-state index in [0.717, 1.165) is 25.7 Å². The van der Waals surface area contributed by atoms with Gasteiger partial charge >= 0.3 is 0 Å². The molecule has 1 fully saturated rings. The summed E-state index contributed by atoms with van der Waals surface area (Å²) in [5.74, 6) is 0.200. The highest BCUT2D eigenvalue weighted by atomic mass is 16.5. The maximum absolute atomic E-state index is 12.6. The second-order valence-electron chi connectivity index (χ2n) is 6.03. The number of carbonyl (C=O) groups excluding carboxylic acids is 2. The molecule has 4 rings (SSSR count). The van der Waals surface area contributed by atoms with Crippen LogP contribution in [0, 0.1) is 0 Å². The van der Waals surface area contributed by atoms with E-state index in [-0.39, 0.29) is 17.2 Å². The van der Waals surface area contributed by atoms with Crippen LogP contribution in [-0.2, 0) is 4.74 Å². The Morgan fingerprint density at radius 2 is 1.55 bits per heavy atom. The first kappa shape index (κ1) is 11.9. The SMILES string of the molecule is O=C1C2=C(OC3(CCCCC3)C2)C(=O)c2ccccc21. The van der Waals surface area contributed by atoms with Gasteiger partial charge in [-0.1, -0.05) is 30.7 Å². The van der Waals surface area contributed by atoms with Gasteiger partial charge in [0.1, 0.15) is 5.60 Å². The van der Waals surface area contributed by atoms with Crippen molar-refractivity contribution in [3.05, 3.63) is 46.7 Å². The number of rotatable bonds is 0. The lowest BCUT2D eigenvalue weighted by atomic mass is 9.79. The van der Waals surface area contributed by atoms with E-state index in [2.05, 4.69) is 0 Å². The minimum absolute atomic E-state index is 0.0161. The predicted octanol–water partition coefficient (Wildman–Crippen LogP) is 3.44. The van der Waals surface area contributed by atoms with Crippen molar-refractivity contribution in [1.29, 1.82) is 0 Å². The van der Waals surface area contributed by atoms with Crippen molar-refractivity contribution in [2.45, 2.75) is 44.1 Å². The highest BCUT2D eigenvalue weighted by Gasteiger charge is 2.48. The average Bonchev–Trinajstić information content (AvgIpc) is 2.85. The number of ketones is 2. The van der Waals surface area contributed by atoms with E-state index in [9.17, 15) is 9.59 Å². The van der Waals surface area contributed by atoms with E-state index in [0.29, 0.717) is 28.9 Å². The quantitative estimate of drug-likeness (QED) is 0.724. The molecule has 0 N–H and O–H groups in total. The molecule has 0 unspecified atom stereocenters. The average molecular weight is 268 g/mol. The summed E-state index contributed by atoms with van der Waals surface area (Å²) in [5, 5.41) is 0. The first-order valence-electron chi connectivity index (χ1n) is 7.31. The molecule has 3 nitrogen and oxygen atoms in total. The summed E-state index contributed by atoms with van der Waals surface area (Å²) >= 11 is 0. The molecule has 1 spiro atoms. The van der Waals surface area contributed by atoms with Gasteiger partial charge in [0.05, 0.1) is 5.57 Å². The Labute approximate surface area is 117 Å². The molecule has 0 saturated heterocycles. The molecule has 1 aromatic rings. The Morgan fingerprint density at radius 3 is 2.25 bits per heavy atom. The van der Waals surface area contributed by atoms with Gasteiger partial charge in [0.25, 0.3) is 0 Å². The fourth-order valence-corrected chi connectivity index (χ4v) is 3.72. The standard InChI is InChI=1S/C17H16O3/c18-14-11-6-2-3-7-12(11)15(19)16-13(14)10-17(20-16)8-4-1-5-9-17/h2-3,6-7H,1,4-5,8-10H2. The summed E-state index contributed by atoms with van der Waals surface area (Å²) in [7, 11) is 0. The summed E-state index contributed by atoms with van der Waals surface area (Å²) in [6.45, 7) is 0. The van der Waals surface area contributed by atoms with Crippen molar-refractivity contribution in [2.75, 3.05) is 0 Å². The lowest BCUT2D eigenvalue weighted by Crippen LogP contribution is -2.31. The largest absolute Gasteiger partial charge is 0.482 e. The van der Waals surface area contributed by atoms with E-state index < -0.39 is 0 Å². The minimum atomic E-state index is -0.281. The molecule has 1 saturated carbocycles. The zero-order valence-corrected chi connectivity index (χ0v) is 11.3. The monoisotopic (exact) mass is 268 g/mol. The molecule has 20 heavy (non-hydrogen) atoms. The molecule has 102 valence electrons. The van der Waals surface area contributed by atoms with Gasteiger partial charge in [-0.25, -0.2) is 0 Å². The zero-order chi connectivity index (χ0) is 13.7. The van der Waals surface area contributed by atoms with Gasteiger partial charge in [0.15, 0.2) is 11.5 Å². The van der Waals surface area contributed by atoms with Gasteiger partial charge in [0.2, 0.25) is 5.78 Å². The number of benzene rings is 1. The van der Waals surface area contributed by atoms with Crippen LogP contribution < -0.4 is 0 Å². The van der Waals surface area contributed by atoms with Crippen molar-refractivity contribution in [3.8, 4) is 0 Å². The fraction of sp³-hybridized carbons (Fsp3) is 0.412. The molecule has 1 aliphatic heterocycles. The van der Waals surface area contributed by atoms with Gasteiger partial charge in [-0.2, -0.15) is 0 Å². The van der Waals surface area contributed by atoms with E-state index in [1.807, 2.05) is 6.07 Å². The van der Waals surface area contributed by atoms with Crippen LogP contribution in [0.3, 0.4) is 0 Å². The lowest BCUT2D eigenvalue weighted by Gasteiger charge is -2.33. The van der Waals surface area contributed by atoms with Gasteiger partial charge in [-0.05, 0) is 25.7 Å². The Bertz CT molecular complexity index is 599. The molecule has 0 amide bonds. The summed E-state index contributed by atoms with van der Waals surface area (Å²) in [5.41, 5.74) is 1.35. The normalized spacial score (nSPS) is 23.6. The van der Waals surface area contributed by atoms with Crippen LogP contribution in [0.15, 0.2) is 35.6 Å². The molecule has 1 heterocycles. The Kier molecular flexibility index (Phi) is 2.40. The van der Waals surface area contributed by atoms with Crippen molar-refractivity contribution in [3.63, 3.8) is 0 Å². The summed E-state index contributed by atoms with van der Waals surface area (Å²) in [6.07, 6.45) is 5.98.